The molecule has 9 heteroatoms. The number of carboxylic acid groups (broad SMARTS) is 1. The molecule has 1 fully saturated rings. The van der Waals surface area contributed by atoms with Gasteiger partial charge in [-0.3, -0.25) is 9.69 Å². The molecule has 26 heavy (non-hydrogen) atoms. The first kappa shape index (κ1) is 20.1. The lowest BCUT2D eigenvalue weighted by molar-refractivity contribution is -0.305. The van der Waals surface area contributed by atoms with Gasteiger partial charge in [0.25, 0.3) is 5.91 Å². The van der Waals surface area contributed by atoms with Crippen LogP contribution in [-0.4, -0.2) is 41.4 Å². The Kier molecular flexibility index (Phi) is 6.91. The fraction of sp³-hybridized carbons (Fsp3) is 0.235. The van der Waals surface area contributed by atoms with Crippen molar-refractivity contribution in [3.63, 3.8) is 0 Å². The van der Waals surface area contributed by atoms with Crippen LogP contribution in [0.5, 0.6) is 11.5 Å². The molecule has 0 aliphatic carbocycles. The van der Waals surface area contributed by atoms with Crippen LogP contribution < -0.4 is 14.6 Å². The molecule has 1 aliphatic rings. The molecule has 136 valence electrons. The third-order valence-electron chi connectivity index (χ3n) is 3.26. The van der Waals surface area contributed by atoms with Crippen molar-refractivity contribution in [3.05, 3.63) is 27.6 Å². The van der Waals surface area contributed by atoms with Crippen molar-refractivity contribution in [3.8, 4) is 23.8 Å². The van der Waals surface area contributed by atoms with E-state index in [0.29, 0.717) is 22.0 Å². The third kappa shape index (κ3) is 4.69. The lowest BCUT2D eigenvalue weighted by Crippen LogP contribution is -2.33. The lowest BCUT2D eigenvalue weighted by atomic mass is 10.1. The van der Waals surface area contributed by atoms with Gasteiger partial charge in [0.1, 0.15) is 10.9 Å². The monoisotopic (exact) mass is 410 g/mol. The first-order chi connectivity index (χ1) is 12.4. The smallest absolute Gasteiger partial charge is 0.266 e. The average Bonchev–Trinajstić information content (AvgIpc) is 2.85. The van der Waals surface area contributed by atoms with Gasteiger partial charge in [-0.05, 0) is 23.8 Å². The summed E-state index contributed by atoms with van der Waals surface area (Å²) in [6, 6.07) is 3.25. The highest BCUT2D eigenvalue weighted by atomic mass is 35.5. The van der Waals surface area contributed by atoms with Crippen LogP contribution in [-0.2, 0) is 9.59 Å². The summed E-state index contributed by atoms with van der Waals surface area (Å²) < 4.78 is 10.9. The fourth-order valence-electron chi connectivity index (χ4n) is 2.12. The van der Waals surface area contributed by atoms with E-state index in [2.05, 4.69) is 5.92 Å². The molecule has 1 aromatic carbocycles. The van der Waals surface area contributed by atoms with Crippen LogP contribution in [0.3, 0.4) is 0 Å². The molecule has 0 atom stereocenters. The van der Waals surface area contributed by atoms with Crippen molar-refractivity contribution < 1.29 is 24.2 Å². The highest BCUT2D eigenvalue weighted by Gasteiger charge is 2.31. The van der Waals surface area contributed by atoms with Crippen LogP contribution in [0.4, 0.5) is 0 Å². The van der Waals surface area contributed by atoms with Crippen LogP contribution in [0.1, 0.15) is 12.0 Å². The molecule has 0 radical (unpaired) electrons. The number of benzene rings is 1. The summed E-state index contributed by atoms with van der Waals surface area (Å²) in [5.74, 6) is 1.40. The van der Waals surface area contributed by atoms with E-state index >= 15 is 0 Å². The van der Waals surface area contributed by atoms with E-state index < -0.39 is 5.97 Å². The van der Waals surface area contributed by atoms with E-state index in [1.54, 1.807) is 18.2 Å². The summed E-state index contributed by atoms with van der Waals surface area (Å²) >= 11 is 12.4. The maximum Gasteiger partial charge on any atom is 0.266 e. The Morgan fingerprint density at radius 2 is 2.27 bits per heavy atom. The predicted molar refractivity (Wildman–Crippen MR) is 102 cm³/mol. The van der Waals surface area contributed by atoms with Gasteiger partial charge in [-0.15, -0.1) is 6.42 Å². The Balaban J connectivity index is 2.28. The highest BCUT2D eigenvalue weighted by molar-refractivity contribution is 8.26. The summed E-state index contributed by atoms with van der Waals surface area (Å²) in [6.45, 7) is -0.000196. The lowest BCUT2D eigenvalue weighted by Gasteiger charge is -2.14. The minimum absolute atomic E-state index is 0.0342. The summed E-state index contributed by atoms with van der Waals surface area (Å²) in [7, 11) is 1.46. The number of thioether (sulfide) groups is 1. The van der Waals surface area contributed by atoms with Crippen molar-refractivity contribution in [2.24, 2.45) is 0 Å². The topological polar surface area (TPSA) is 78.9 Å². The molecule has 6 nitrogen and oxygen atoms in total. The van der Waals surface area contributed by atoms with Gasteiger partial charge in [-0.25, -0.2) is 0 Å². The largest absolute Gasteiger partial charge is 0.550 e. The fourth-order valence-corrected chi connectivity index (χ4v) is 3.71. The zero-order chi connectivity index (χ0) is 19.3. The van der Waals surface area contributed by atoms with Crippen LogP contribution in [0, 0.1) is 12.3 Å². The number of hydrogen-bond acceptors (Lipinski definition) is 7. The highest BCUT2D eigenvalue weighted by Crippen LogP contribution is 2.39. The van der Waals surface area contributed by atoms with E-state index in [-0.39, 0.29) is 34.8 Å². The third-order valence-corrected chi connectivity index (χ3v) is 4.92. The first-order valence-corrected chi connectivity index (χ1v) is 8.86. The number of thiocarbonyl (C=S) groups is 1. The van der Waals surface area contributed by atoms with Crippen molar-refractivity contribution in [1.82, 2.24) is 4.90 Å². The number of ether oxygens (including phenoxy) is 2. The Labute approximate surface area is 165 Å². The summed E-state index contributed by atoms with van der Waals surface area (Å²) in [5, 5.41) is 10.9. The van der Waals surface area contributed by atoms with Crippen molar-refractivity contribution in [2.45, 2.75) is 6.42 Å². The normalized spacial score (nSPS) is 15.3. The number of terminal acetylenes is 1. The molecule has 0 aromatic heterocycles. The molecular formula is C17H13ClNO5S2-. The number of carbonyl (C=O) groups is 2. The van der Waals surface area contributed by atoms with Crippen LogP contribution in [0.2, 0.25) is 5.02 Å². The van der Waals surface area contributed by atoms with Gasteiger partial charge in [0.05, 0.1) is 17.0 Å². The molecule has 2 rings (SSSR count). The molecule has 1 heterocycles. The molecule has 1 amide bonds. The first-order valence-electron chi connectivity index (χ1n) is 7.26. The molecule has 0 saturated carbocycles. The van der Waals surface area contributed by atoms with Crippen molar-refractivity contribution >= 4 is 57.9 Å². The number of carbonyl (C=O) groups excluding carboxylic acids is 2. The van der Waals surface area contributed by atoms with Crippen molar-refractivity contribution in [2.75, 3.05) is 20.3 Å². The molecule has 0 N–H and O–H groups in total. The van der Waals surface area contributed by atoms with Gasteiger partial charge < -0.3 is 19.4 Å². The average molecular weight is 411 g/mol. The van der Waals surface area contributed by atoms with Gasteiger partial charge in [0, 0.05) is 18.9 Å². The number of hydrogen-bond donors (Lipinski definition) is 0. The quantitative estimate of drug-likeness (QED) is 0.384. The maximum atomic E-state index is 12.4. The Bertz CT molecular complexity index is 831. The van der Waals surface area contributed by atoms with Crippen LogP contribution in [0.25, 0.3) is 6.08 Å². The van der Waals surface area contributed by atoms with E-state index in [0.717, 1.165) is 11.8 Å². The Hall–Kier alpha value is -2.21. The molecule has 1 aliphatic heterocycles. The maximum absolute atomic E-state index is 12.4. The van der Waals surface area contributed by atoms with E-state index in [4.69, 9.17) is 39.7 Å². The number of methoxy groups -OCH3 is 1. The summed E-state index contributed by atoms with van der Waals surface area (Å²) in [6.07, 6.45) is 6.48. The second-order valence-electron chi connectivity index (χ2n) is 4.98. The molecule has 0 bridgehead atoms. The van der Waals surface area contributed by atoms with E-state index in [1.807, 2.05) is 0 Å². The molecule has 1 saturated heterocycles. The van der Waals surface area contributed by atoms with Crippen LogP contribution in [0.15, 0.2) is 17.0 Å². The minimum atomic E-state index is -1.25. The standard InChI is InChI=1S/C17H14ClNO5S2/c1-3-6-24-15-11(18)7-10(8-12(15)23-2)9-13-16(22)19(17(25)26-13)5-4-14(20)21/h1,7-9H,4-6H2,2H3,(H,20,21)/p-1/b13-9-. The second kappa shape index (κ2) is 8.94. The number of halogens is 1. The number of amides is 1. The zero-order valence-corrected chi connectivity index (χ0v) is 16.0. The van der Waals surface area contributed by atoms with Gasteiger partial charge in [0.15, 0.2) is 11.5 Å². The predicted octanol–water partition coefficient (Wildman–Crippen LogP) is 1.70. The van der Waals surface area contributed by atoms with Crippen LogP contribution >= 0.6 is 35.6 Å². The van der Waals surface area contributed by atoms with E-state index in [9.17, 15) is 14.7 Å². The molecule has 0 unspecified atom stereocenters. The zero-order valence-electron chi connectivity index (χ0n) is 13.6. The molecule has 0 spiro atoms. The second-order valence-corrected chi connectivity index (χ2v) is 7.07. The van der Waals surface area contributed by atoms with E-state index in [1.165, 1.54) is 12.0 Å². The Morgan fingerprint density at radius 1 is 1.54 bits per heavy atom. The van der Waals surface area contributed by atoms with Gasteiger partial charge >= 0.3 is 0 Å². The van der Waals surface area contributed by atoms with Crippen molar-refractivity contribution in [1.29, 1.82) is 0 Å². The number of aliphatic carboxylic acids is 1. The Morgan fingerprint density at radius 3 is 2.88 bits per heavy atom. The minimum Gasteiger partial charge on any atom is -0.550 e. The SMILES string of the molecule is C#CCOc1c(Cl)cc(/C=C2\SC(=S)N(CCC(=O)[O-])C2=O)cc1OC. The van der Waals surface area contributed by atoms with Gasteiger partial charge in [0.2, 0.25) is 0 Å². The number of rotatable bonds is 7. The summed E-state index contributed by atoms with van der Waals surface area (Å²) in [5.41, 5.74) is 0.598. The van der Waals surface area contributed by atoms with Gasteiger partial charge in [-0.2, -0.15) is 0 Å². The molecular weight excluding hydrogens is 398 g/mol. The number of nitrogens with zero attached hydrogens (tertiary/aromatic N) is 1. The number of carboxylic acids is 1. The van der Waals surface area contributed by atoms with Gasteiger partial charge in [-0.1, -0.05) is 41.5 Å². The summed E-state index contributed by atoms with van der Waals surface area (Å²) in [4.78, 5) is 24.6. The molecule has 1 aromatic rings.